The summed E-state index contributed by atoms with van der Waals surface area (Å²) in [5.41, 5.74) is 1.96. The molecule has 0 unspecified atom stereocenters. The summed E-state index contributed by atoms with van der Waals surface area (Å²) < 4.78 is 7.65. The minimum atomic E-state index is 0.339. The lowest BCUT2D eigenvalue weighted by Gasteiger charge is -2.30. The molecular formula is C18H23N5O. The second-order valence-corrected chi connectivity index (χ2v) is 6.87. The van der Waals surface area contributed by atoms with Gasteiger partial charge in [-0.05, 0) is 38.1 Å². The third-order valence-electron chi connectivity index (χ3n) is 4.74. The maximum Gasteiger partial charge on any atom is 0.196 e. The third-order valence-corrected chi connectivity index (χ3v) is 4.74. The first-order valence-electron chi connectivity index (χ1n) is 8.67. The van der Waals surface area contributed by atoms with E-state index in [9.17, 15) is 0 Å². The Balaban J connectivity index is 1.39. The molecule has 3 aromatic rings. The van der Waals surface area contributed by atoms with E-state index in [0.717, 1.165) is 55.5 Å². The average Bonchev–Trinajstić information content (AvgIpc) is 3.23. The summed E-state index contributed by atoms with van der Waals surface area (Å²) in [5.74, 6) is 2.73. The molecule has 1 aliphatic heterocycles. The van der Waals surface area contributed by atoms with Crippen molar-refractivity contribution < 1.29 is 4.42 Å². The average molecular weight is 325 g/mol. The van der Waals surface area contributed by atoms with Gasteiger partial charge in [0.25, 0.3) is 0 Å². The molecule has 4 rings (SSSR count). The quantitative estimate of drug-likeness (QED) is 0.737. The number of hydrogen-bond donors (Lipinski definition) is 0. The highest BCUT2D eigenvalue weighted by Crippen LogP contribution is 2.28. The van der Waals surface area contributed by atoms with Gasteiger partial charge < -0.3 is 4.42 Å². The van der Waals surface area contributed by atoms with Crippen LogP contribution in [0.2, 0.25) is 0 Å². The standard InChI is InChI=1S/C18H23N5O/c1-13(2)18-19-15(12-24-18)11-22-9-6-14(7-10-22)17-21-20-16-5-3-4-8-23(16)17/h3-5,8,12-14H,6-7,9-11H2,1-2H3. The Hall–Kier alpha value is -2.21. The molecule has 0 bridgehead atoms. The predicted molar refractivity (Wildman–Crippen MR) is 90.8 cm³/mol. The number of fused-ring (bicyclic) bond motifs is 1. The molecule has 4 heterocycles. The van der Waals surface area contributed by atoms with Gasteiger partial charge in [-0.2, -0.15) is 0 Å². The minimum Gasteiger partial charge on any atom is -0.448 e. The first kappa shape index (κ1) is 15.3. The lowest BCUT2D eigenvalue weighted by Crippen LogP contribution is -2.33. The zero-order valence-corrected chi connectivity index (χ0v) is 14.2. The lowest BCUT2D eigenvalue weighted by atomic mass is 9.96. The topological polar surface area (TPSA) is 59.5 Å². The molecule has 6 nitrogen and oxygen atoms in total. The number of hydrogen-bond acceptors (Lipinski definition) is 5. The van der Waals surface area contributed by atoms with Crippen LogP contribution in [0.3, 0.4) is 0 Å². The van der Waals surface area contributed by atoms with Gasteiger partial charge in [0.2, 0.25) is 0 Å². The maximum atomic E-state index is 5.54. The van der Waals surface area contributed by atoms with E-state index in [2.05, 4.69) is 44.5 Å². The van der Waals surface area contributed by atoms with Crippen molar-refractivity contribution in [3.8, 4) is 0 Å². The number of aromatic nitrogens is 4. The van der Waals surface area contributed by atoms with Crippen LogP contribution in [0.5, 0.6) is 0 Å². The van der Waals surface area contributed by atoms with Gasteiger partial charge in [0, 0.05) is 24.6 Å². The van der Waals surface area contributed by atoms with Crippen LogP contribution in [0.1, 0.15) is 55.9 Å². The monoisotopic (exact) mass is 325 g/mol. The smallest absolute Gasteiger partial charge is 0.196 e. The number of rotatable bonds is 4. The van der Waals surface area contributed by atoms with Crippen molar-refractivity contribution in [1.82, 2.24) is 24.5 Å². The van der Waals surface area contributed by atoms with Crippen LogP contribution in [0.4, 0.5) is 0 Å². The van der Waals surface area contributed by atoms with E-state index in [-0.39, 0.29) is 0 Å². The Labute approximate surface area is 141 Å². The highest BCUT2D eigenvalue weighted by Gasteiger charge is 2.25. The fourth-order valence-corrected chi connectivity index (χ4v) is 3.38. The van der Waals surface area contributed by atoms with E-state index in [4.69, 9.17) is 4.42 Å². The van der Waals surface area contributed by atoms with Crippen LogP contribution >= 0.6 is 0 Å². The summed E-state index contributed by atoms with van der Waals surface area (Å²) in [5, 5.41) is 8.69. The maximum absolute atomic E-state index is 5.54. The Morgan fingerprint density at radius 1 is 1.21 bits per heavy atom. The number of oxazole rings is 1. The molecule has 6 heteroatoms. The molecule has 24 heavy (non-hydrogen) atoms. The zero-order chi connectivity index (χ0) is 16.5. The van der Waals surface area contributed by atoms with Crippen molar-refractivity contribution in [2.75, 3.05) is 13.1 Å². The van der Waals surface area contributed by atoms with E-state index in [1.54, 1.807) is 6.26 Å². The van der Waals surface area contributed by atoms with Crippen molar-refractivity contribution in [3.63, 3.8) is 0 Å². The largest absolute Gasteiger partial charge is 0.448 e. The Morgan fingerprint density at radius 3 is 2.79 bits per heavy atom. The van der Waals surface area contributed by atoms with E-state index in [1.165, 1.54) is 0 Å². The van der Waals surface area contributed by atoms with Gasteiger partial charge in [0.05, 0.1) is 5.69 Å². The van der Waals surface area contributed by atoms with Crippen molar-refractivity contribution in [2.45, 2.75) is 45.1 Å². The Kier molecular flexibility index (Phi) is 4.06. The third kappa shape index (κ3) is 2.94. The number of nitrogens with zero attached hydrogens (tertiary/aromatic N) is 5. The second kappa shape index (κ2) is 6.36. The number of pyridine rings is 1. The van der Waals surface area contributed by atoms with Gasteiger partial charge in [-0.3, -0.25) is 9.30 Å². The molecule has 0 saturated carbocycles. The van der Waals surface area contributed by atoms with Crippen LogP contribution in [0.25, 0.3) is 5.65 Å². The van der Waals surface area contributed by atoms with Gasteiger partial charge in [-0.1, -0.05) is 19.9 Å². The van der Waals surface area contributed by atoms with Crippen LogP contribution in [0, 0.1) is 0 Å². The van der Waals surface area contributed by atoms with Crippen LogP contribution in [-0.4, -0.2) is 37.6 Å². The van der Waals surface area contributed by atoms with Crippen molar-refractivity contribution >= 4 is 5.65 Å². The highest BCUT2D eigenvalue weighted by molar-refractivity contribution is 5.37. The van der Waals surface area contributed by atoms with Crippen molar-refractivity contribution in [1.29, 1.82) is 0 Å². The summed E-state index contributed by atoms with van der Waals surface area (Å²) in [7, 11) is 0. The molecule has 0 radical (unpaired) electrons. The molecule has 1 fully saturated rings. The zero-order valence-electron chi connectivity index (χ0n) is 14.2. The normalized spacial score (nSPS) is 17.1. The molecule has 0 atom stereocenters. The first-order valence-corrected chi connectivity index (χ1v) is 8.67. The summed E-state index contributed by atoms with van der Waals surface area (Å²) in [6, 6.07) is 6.04. The molecule has 1 aliphatic rings. The van der Waals surface area contributed by atoms with Gasteiger partial charge in [-0.25, -0.2) is 4.98 Å². The van der Waals surface area contributed by atoms with Crippen LogP contribution in [-0.2, 0) is 6.54 Å². The molecule has 0 amide bonds. The van der Waals surface area contributed by atoms with E-state index >= 15 is 0 Å². The van der Waals surface area contributed by atoms with Crippen molar-refractivity contribution in [3.05, 3.63) is 48.1 Å². The van der Waals surface area contributed by atoms with Crippen LogP contribution < -0.4 is 0 Å². The molecule has 0 N–H and O–H groups in total. The first-order chi connectivity index (χ1) is 11.7. The minimum absolute atomic E-state index is 0.339. The fraction of sp³-hybridized carbons (Fsp3) is 0.500. The molecule has 0 aliphatic carbocycles. The Bertz CT molecular complexity index is 814. The molecule has 1 saturated heterocycles. The molecule has 126 valence electrons. The number of likely N-dealkylation sites (tertiary alicyclic amines) is 1. The fourth-order valence-electron chi connectivity index (χ4n) is 3.38. The molecule has 3 aromatic heterocycles. The van der Waals surface area contributed by atoms with E-state index in [0.29, 0.717) is 11.8 Å². The SMILES string of the molecule is CC(C)c1nc(CN2CCC(c3nnc4ccccn34)CC2)co1. The summed E-state index contributed by atoms with van der Waals surface area (Å²) in [4.78, 5) is 7.03. The highest BCUT2D eigenvalue weighted by atomic mass is 16.3. The second-order valence-electron chi connectivity index (χ2n) is 6.87. The number of piperidine rings is 1. The molecule has 0 spiro atoms. The summed E-state index contributed by atoms with van der Waals surface area (Å²) in [6.07, 6.45) is 6.06. The summed E-state index contributed by atoms with van der Waals surface area (Å²) >= 11 is 0. The Morgan fingerprint density at radius 2 is 2.04 bits per heavy atom. The van der Waals surface area contributed by atoms with Crippen molar-refractivity contribution in [2.24, 2.45) is 0 Å². The summed E-state index contributed by atoms with van der Waals surface area (Å²) in [6.45, 7) is 7.17. The van der Waals surface area contributed by atoms with E-state index in [1.807, 2.05) is 18.2 Å². The van der Waals surface area contributed by atoms with Gasteiger partial charge in [-0.15, -0.1) is 10.2 Å². The van der Waals surface area contributed by atoms with Gasteiger partial charge in [0.15, 0.2) is 11.5 Å². The lowest BCUT2D eigenvalue weighted by molar-refractivity contribution is 0.199. The molecular weight excluding hydrogens is 302 g/mol. The van der Waals surface area contributed by atoms with Gasteiger partial charge in [0.1, 0.15) is 12.1 Å². The molecule has 0 aromatic carbocycles. The van der Waals surface area contributed by atoms with Gasteiger partial charge >= 0.3 is 0 Å². The predicted octanol–water partition coefficient (Wildman–Crippen LogP) is 3.22. The van der Waals surface area contributed by atoms with Crippen LogP contribution in [0.15, 0.2) is 35.1 Å². The van der Waals surface area contributed by atoms with E-state index < -0.39 is 0 Å².